The van der Waals surface area contributed by atoms with Crippen molar-refractivity contribution in [3.8, 4) is 17.5 Å². The van der Waals surface area contributed by atoms with Crippen molar-refractivity contribution >= 4 is 23.0 Å². The molecule has 0 radical (unpaired) electrons. The minimum Gasteiger partial charge on any atom is -0.390 e. The SMILES string of the molecule is N#Cc1cnn2c(-c3cc(NC45CCC(O)(CC4)CC5)c(C(=O)N[C@H]4CCCNC4=O)cn3)ccc2c1. The Labute approximate surface area is 214 Å². The van der Waals surface area contributed by atoms with Crippen LogP contribution in [0, 0.1) is 11.3 Å². The van der Waals surface area contributed by atoms with Crippen molar-refractivity contribution in [1.29, 1.82) is 5.26 Å². The first-order valence-corrected chi connectivity index (χ1v) is 12.8. The molecule has 4 N–H and O–H groups in total. The molecule has 10 heteroatoms. The van der Waals surface area contributed by atoms with Gasteiger partial charge in [0, 0.05) is 18.3 Å². The number of fused-ring (bicyclic) bond motifs is 4. The third-order valence-corrected chi connectivity index (χ3v) is 8.24. The largest absolute Gasteiger partial charge is 0.390 e. The Balaban J connectivity index is 1.37. The highest BCUT2D eigenvalue weighted by molar-refractivity contribution is 6.02. The molecule has 3 aromatic rings. The van der Waals surface area contributed by atoms with Gasteiger partial charge in [0.2, 0.25) is 5.91 Å². The monoisotopic (exact) mass is 499 g/mol. The number of carbonyl (C=O) groups is 2. The number of hydrogen-bond donors (Lipinski definition) is 4. The number of aromatic nitrogens is 3. The molecule has 1 aliphatic heterocycles. The maximum atomic E-state index is 13.4. The van der Waals surface area contributed by atoms with Gasteiger partial charge in [0.15, 0.2) is 0 Å². The van der Waals surface area contributed by atoms with Crippen LogP contribution in [0.4, 0.5) is 5.69 Å². The van der Waals surface area contributed by atoms with E-state index in [2.05, 4.69) is 32.1 Å². The highest BCUT2D eigenvalue weighted by Gasteiger charge is 2.48. The Morgan fingerprint density at radius 3 is 2.68 bits per heavy atom. The highest BCUT2D eigenvalue weighted by atomic mass is 16.3. The predicted molar refractivity (Wildman–Crippen MR) is 136 cm³/mol. The number of nitrogens with one attached hydrogen (secondary N) is 3. The van der Waals surface area contributed by atoms with Crippen molar-refractivity contribution in [2.75, 3.05) is 11.9 Å². The third kappa shape index (κ3) is 4.29. The lowest BCUT2D eigenvalue weighted by molar-refractivity contribution is -0.124. The molecule has 4 aliphatic rings. The standard InChI is InChI=1S/C27H29N7O3/c28-14-17-12-18-3-4-23(34(18)31-15-17)22-13-21(33-26-5-8-27(37,9-6-26)10-7-26)19(16-30-22)24(35)32-20-2-1-11-29-25(20)36/h3-4,12-13,15-16,20,37H,1-2,5-11H2,(H,29,36)(H,30,33)(H,32,35)/t20-,26?,27?/m0/s1. The Morgan fingerprint density at radius 1 is 1.16 bits per heavy atom. The van der Waals surface area contributed by atoms with Gasteiger partial charge in [-0.1, -0.05) is 0 Å². The van der Waals surface area contributed by atoms with E-state index in [1.807, 2.05) is 18.2 Å². The third-order valence-electron chi connectivity index (χ3n) is 8.24. The fourth-order valence-corrected chi connectivity index (χ4v) is 5.92. The Kier molecular flexibility index (Phi) is 5.60. The van der Waals surface area contributed by atoms with Crippen molar-refractivity contribution in [2.45, 2.75) is 68.5 Å². The second kappa shape index (κ2) is 8.85. The summed E-state index contributed by atoms with van der Waals surface area (Å²) in [6.45, 7) is 0.623. The summed E-state index contributed by atoms with van der Waals surface area (Å²) in [5.74, 6) is -0.515. The first kappa shape index (κ1) is 23.4. The lowest BCUT2D eigenvalue weighted by Gasteiger charge is -2.51. The molecule has 37 heavy (non-hydrogen) atoms. The number of rotatable bonds is 5. The molecule has 1 atom stereocenters. The van der Waals surface area contributed by atoms with E-state index < -0.39 is 11.6 Å². The molecule has 4 fully saturated rings. The minimum atomic E-state index is -0.570. The predicted octanol–water partition coefficient (Wildman–Crippen LogP) is 2.53. The van der Waals surface area contributed by atoms with E-state index in [0.717, 1.165) is 56.2 Å². The van der Waals surface area contributed by atoms with E-state index in [4.69, 9.17) is 0 Å². The summed E-state index contributed by atoms with van der Waals surface area (Å²) in [5.41, 5.74) is 2.86. The number of amides is 2. The average Bonchev–Trinajstić information content (AvgIpc) is 3.34. The summed E-state index contributed by atoms with van der Waals surface area (Å²) >= 11 is 0. The van der Waals surface area contributed by atoms with Crippen LogP contribution >= 0.6 is 0 Å². The van der Waals surface area contributed by atoms with E-state index >= 15 is 0 Å². The summed E-state index contributed by atoms with van der Waals surface area (Å²) in [6.07, 6.45) is 9.13. The van der Waals surface area contributed by atoms with Crippen LogP contribution in [0.3, 0.4) is 0 Å². The van der Waals surface area contributed by atoms with Gasteiger partial charge in [-0.25, -0.2) is 4.52 Å². The average molecular weight is 500 g/mol. The topological polar surface area (TPSA) is 144 Å². The zero-order valence-electron chi connectivity index (χ0n) is 20.5. The molecule has 10 nitrogen and oxygen atoms in total. The van der Waals surface area contributed by atoms with E-state index in [0.29, 0.717) is 35.5 Å². The fraction of sp³-hybridized carbons (Fsp3) is 0.444. The summed E-state index contributed by atoms with van der Waals surface area (Å²) in [5, 5.41) is 33.7. The lowest BCUT2D eigenvalue weighted by atomic mass is 9.63. The molecule has 190 valence electrons. The molecule has 2 bridgehead atoms. The number of pyridine rings is 1. The van der Waals surface area contributed by atoms with Gasteiger partial charge in [0.25, 0.3) is 5.91 Å². The molecule has 7 rings (SSSR count). The molecule has 0 unspecified atom stereocenters. The molecule has 1 saturated heterocycles. The number of piperidine rings is 1. The summed E-state index contributed by atoms with van der Waals surface area (Å²) in [6, 6.07) is 8.92. The van der Waals surface area contributed by atoms with Crippen LogP contribution in [0.1, 0.15) is 67.3 Å². The van der Waals surface area contributed by atoms with Gasteiger partial charge in [-0.15, -0.1) is 0 Å². The van der Waals surface area contributed by atoms with Crippen LogP contribution in [0.15, 0.2) is 36.7 Å². The van der Waals surface area contributed by atoms with Gasteiger partial charge in [-0.3, -0.25) is 14.6 Å². The van der Waals surface area contributed by atoms with Crippen LogP contribution in [0.25, 0.3) is 16.9 Å². The first-order valence-electron chi connectivity index (χ1n) is 12.8. The highest BCUT2D eigenvalue weighted by Crippen LogP contribution is 2.48. The first-order chi connectivity index (χ1) is 17.9. The number of nitrogens with zero attached hydrogens (tertiary/aromatic N) is 4. The normalized spacial score (nSPS) is 26.9. The number of hydrogen-bond acceptors (Lipinski definition) is 7. The van der Waals surface area contributed by atoms with Crippen LogP contribution in [0.2, 0.25) is 0 Å². The van der Waals surface area contributed by atoms with Gasteiger partial charge in [0.1, 0.15) is 12.1 Å². The van der Waals surface area contributed by atoms with Crippen LogP contribution in [-0.4, -0.2) is 55.2 Å². The van der Waals surface area contributed by atoms with Crippen molar-refractivity contribution in [2.24, 2.45) is 0 Å². The van der Waals surface area contributed by atoms with Crippen LogP contribution < -0.4 is 16.0 Å². The summed E-state index contributed by atoms with van der Waals surface area (Å²) < 4.78 is 1.72. The van der Waals surface area contributed by atoms with E-state index in [1.54, 1.807) is 16.8 Å². The molecule has 4 heterocycles. The van der Waals surface area contributed by atoms with Gasteiger partial charge < -0.3 is 21.1 Å². The zero-order valence-corrected chi connectivity index (χ0v) is 20.5. The molecule has 3 aromatic heterocycles. The maximum Gasteiger partial charge on any atom is 0.255 e. The molecule has 2 amide bonds. The zero-order chi connectivity index (χ0) is 25.6. The van der Waals surface area contributed by atoms with Gasteiger partial charge >= 0.3 is 0 Å². The summed E-state index contributed by atoms with van der Waals surface area (Å²) in [4.78, 5) is 30.3. The van der Waals surface area contributed by atoms with Gasteiger partial charge in [-0.2, -0.15) is 10.4 Å². The molecule has 0 aromatic carbocycles. The van der Waals surface area contributed by atoms with E-state index in [9.17, 15) is 20.0 Å². The van der Waals surface area contributed by atoms with Crippen molar-refractivity contribution in [3.63, 3.8) is 0 Å². The second-order valence-corrected chi connectivity index (χ2v) is 10.6. The molecular formula is C27H29N7O3. The van der Waals surface area contributed by atoms with Crippen molar-refractivity contribution < 1.29 is 14.7 Å². The number of carbonyl (C=O) groups excluding carboxylic acids is 2. The lowest BCUT2D eigenvalue weighted by Crippen LogP contribution is -2.54. The summed E-state index contributed by atoms with van der Waals surface area (Å²) in [7, 11) is 0. The van der Waals surface area contributed by atoms with Crippen LogP contribution in [0.5, 0.6) is 0 Å². The van der Waals surface area contributed by atoms with Crippen molar-refractivity contribution in [1.82, 2.24) is 25.2 Å². The van der Waals surface area contributed by atoms with Gasteiger partial charge in [0.05, 0.1) is 45.5 Å². The van der Waals surface area contributed by atoms with Crippen molar-refractivity contribution in [3.05, 3.63) is 47.8 Å². The van der Waals surface area contributed by atoms with Gasteiger partial charge in [-0.05, 0) is 75.6 Å². The van der Waals surface area contributed by atoms with E-state index in [1.165, 1.54) is 6.20 Å². The Morgan fingerprint density at radius 2 is 1.95 bits per heavy atom. The van der Waals surface area contributed by atoms with Crippen LogP contribution in [-0.2, 0) is 4.79 Å². The number of aliphatic hydroxyl groups is 1. The molecule has 3 saturated carbocycles. The number of nitriles is 1. The Bertz CT molecular complexity index is 1410. The fourth-order valence-electron chi connectivity index (χ4n) is 5.92. The molecule has 0 spiro atoms. The smallest absolute Gasteiger partial charge is 0.255 e. The Hall–Kier alpha value is -3.97. The second-order valence-electron chi connectivity index (χ2n) is 10.6. The minimum absolute atomic E-state index is 0.168. The quantitative estimate of drug-likeness (QED) is 0.422. The maximum absolute atomic E-state index is 13.4. The molecule has 3 aliphatic carbocycles. The molecular weight excluding hydrogens is 470 g/mol. The van der Waals surface area contributed by atoms with E-state index in [-0.39, 0.29) is 17.4 Å². The number of anilines is 1.